The zero-order chi connectivity index (χ0) is 23.5. The largest absolute Gasteiger partial charge is 0.496 e. The minimum absolute atomic E-state index is 0.117. The fourth-order valence-electron chi connectivity index (χ4n) is 3.75. The van der Waals surface area contributed by atoms with Crippen LogP contribution in [0.3, 0.4) is 0 Å². The molecule has 1 atom stereocenters. The lowest BCUT2D eigenvalue weighted by Crippen LogP contribution is -2.16. The number of ether oxygens (including phenoxy) is 1. The SMILES string of the molecule is CCC[C@H](O)Cn1cc(NC(=O)c2c(N)nn3ccccc23)c(-c2cc(Cl)ccc2OC)n1. The lowest BCUT2D eigenvalue weighted by Gasteiger charge is -2.10. The van der Waals surface area contributed by atoms with Crippen molar-refractivity contribution < 1.29 is 14.6 Å². The molecule has 9 nitrogen and oxygen atoms in total. The van der Waals surface area contributed by atoms with E-state index in [2.05, 4.69) is 15.5 Å². The molecule has 0 aliphatic rings. The maximum atomic E-state index is 13.3. The number of hydrogen-bond donors (Lipinski definition) is 3. The van der Waals surface area contributed by atoms with Crippen LogP contribution in [-0.2, 0) is 6.54 Å². The Kier molecular flexibility index (Phi) is 6.52. The third-order valence-corrected chi connectivity index (χ3v) is 5.48. The number of aliphatic hydroxyl groups is 1. The van der Waals surface area contributed by atoms with Gasteiger partial charge in [-0.2, -0.15) is 5.10 Å². The van der Waals surface area contributed by atoms with Crippen LogP contribution in [0.15, 0.2) is 48.8 Å². The van der Waals surface area contributed by atoms with E-state index in [1.165, 1.54) is 0 Å². The summed E-state index contributed by atoms with van der Waals surface area (Å²) in [6, 6.07) is 10.5. The van der Waals surface area contributed by atoms with Crippen LogP contribution < -0.4 is 15.8 Å². The lowest BCUT2D eigenvalue weighted by molar-refractivity contribution is 0.102. The number of benzene rings is 1. The minimum Gasteiger partial charge on any atom is -0.496 e. The molecule has 1 amide bonds. The maximum absolute atomic E-state index is 13.3. The van der Waals surface area contributed by atoms with Crippen molar-refractivity contribution in [2.75, 3.05) is 18.2 Å². The van der Waals surface area contributed by atoms with Gasteiger partial charge in [-0.15, -0.1) is 5.10 Å². The first-order valence-electron chi connectivity index (χ1n) is 10.5. The summed E-state index contributed by atoms with van der Waals surface area (Å²) >= 11 is 6.24. The summed E-state index contributed by atoms with van der Waals surface area (Å²) in [6.07, 6.45) is 4.31. The number of aromatic nitrogens is 4. The third-order valence-electron chi connectivity index (χ3n) is 5.24. The van der Waals surface area contributed by atoms with E-state index in [4.69, 9.17) is 22.1 Å². The van der Waals surface area contributed by atoms with Crippen molar-refractivity contribution in [1.82, 2.24) is 19.4 Å². The molecule has 4 aromatic rings. The van der Waals surface area contributed by atoms with Gasteiger partial charge in [0, 0.05) is 23.0 Å². The van der Waals surface area contributed by atoms with Gasteiger partial charge in [-0.3, -0.25) is 9.48 Å². The predicted molar refractivity (Wildman–Crippen MR) is 128 cm³/mol. The van der Waals surface area contributed by atoms with Crippen molar-refractivity contribution in [3.63, 3.8) is 0 Å². The molecule has 0 spiro atoms. The van der Waals surface area contributed by atoms with Gasteiger partial charge in [0.15, 0.2) is 5.82 Å². The van der Waals surface area contributed by atoms with Crippen LogP contribution in [0.25, 0.3) is 16.8 Å². The Morgan fingerprint density at radius 2 is 2.12 bits per heavy atom. The number of pyridine rings is 1. The van der Waals surface area contributed by atoms with Gasteiger partial charge >= 0.3 is 0 Å². The van der Waals surface area contributed by atoms with E-state index in [1.54, 1.807) is 59.0 Å². The monoisotopic (exact) mass is 468 g/mol. The number of nitrogens with two attached hydrogens (primary N) is 1. The van der Waals surface area contributed by atoms with E-state index >= 15 is 0 Å². The van der Waals surface area contributed by atoms with Crippen molar-refractivity contribution >= 4 is 34.5 Å². The topological polar surface area (TPSA) is 120 Å². The Hall–Kier alpha value is -3.56. The number of amides is 1. The molecule has 33 heavy (non-hydrogen) atoms. The number of nitrogen functional groups attached to an aromatic ring is 1. The standard InChI is InChI=1S/C23H25ClN6O3/c1-3-6-15(31)12-29-13-17(21(27-29)16-11-14(24)8-9-19(16)33-2)26-23(32)20-18-7-4-5-10-30(18)28-22(20)25/h4-5,7-11,13,15,31H,3,6,12H2,1-2H3,(H2,25,28)(H,26,32)/t15-/m0/s1. The molecule has 0 aliphatic heterocycles. The second kappa shape index (κ2) is 9.51. The molecule has 0 radical (unpaired) electrons. The van der Waals surface area contributed by atoms with E-state index in [0.29, 0.717) is 39.7 Å². The Morgan fingerprint density at radius 3 is 2.88 bits per heavy atom. The first kappa shape index (κ1) is 22.6. The normalized spacial score (nSPS) is 12.1. The molecule has 4 N–H and O–H groups in total. The van der Waals surface area contributed by atoms with Gasteiger partial charge < -0.3 is 20.9 Å². The molecule has 0 fully saturated rings. The van der Waals surface area contributed by atoms with E-state index in [9.17, 15) is 9.90 Å². The maximum Gasteiger partial charge on any atom is 0.261 e. The minimum atomic E-state index is -0.567. The second-order valence-electron chi connectivity index (χ2n) is 7.65. The van der Waals surface area contributed by atoms with Crippen LogP contribution in [0.5, 0.6) is 5.75 Å². The Morgan fingerprint density at radius 1 is 1.30 bits per heavy atom. The first-order valence-corrected chi connectivity index (χ1v) is 10.9. The summed E-state index contributed by atoms with van der Waals surface area (Å²) in [7, 11) is 1.55. The Labute approximate surface area is 195 Å². The second-order valence-corrected chi connectivity index (χ2v) is 8.08. The zero-order valence-corrected chi connectivity index (χ0v) is 19.1. The molecule has 0 aliphatic carbocycles. The van der Waals surface area contributed by atoms with E-state index in [1.807, 2.05) is 13.0 Å². The fraction of sp³-hybridized carbons (Fsp3) is 0.261. The van der Waals surface area contributed by atoms with Gasteiger partial charge in [0.1, 0.15) is 17.0 Å². The average Bonchev–Trinajstić information content (AvgIpc) is 3.33. The van der Waals surface area contributed by atoms with Crippen molar-refractivity contribution in [2.24, 2.45) is 0 Å². The van der Waals surface area contributed by atoms with Gasteiger partial charge in [0.2, 0.25) is 0 Å². The summed E-state index contributed by atoms with van der Waals surface area (Å²) in [5.41, 5.74) is 8.39. The number of hydrogen-bond acceptors (Lipinski definition) is 6. The highest BCUT2D eigenvalue weighted by Gasteiger charge is 2.23. The highest BCUT2D eigenvalue weighted by atomic mass is 35.5. The first-order chi connectivity index (χ1) is 15.9. The molecule has 0 bridgehead atoms. The smallest absolute Gasteiger partial charge is 0.261 e. The number of carbonyl (C=O) groups excluding carboxylic acids is 1. The summed E-state index contributed by atoms with van der Waals surface area (Å²) in [5.74, 6) is 0.237. The number of aliphatic hydroxyl groups excluding tert-OH is 1. The number of nitrogens with one attached hydrogen (secondary N) is 1. The average molecular weight is 469 g/mol. The predicted octanol–water partition coefficient (Wildman–Crippen LogP) is 3.86. The highest BCUT2D eigenvalue weighted by Crippen LogP contribution is 2.36. The highest BCUT2D eigenvalue weighted by molar-refractivity contribution is 6.31. The van der Waals surface area contributed by atoms with Crippen LogP contribution in [0.2, 0.25) is 5.02 Å². The quantitative estimate of drug-likeness (QED) is 0.361. The lowest BCUT2D eigenvalue weighted by atomic mass is 10.1. The van der Waals surface area contributed by atoms with E-state index in [0.717, 1.165) is 6.42 Å². The van der Waals surface area contributed by atoms with Crippen LogP contribution in [0, 0.1) is 0 Å². The van der Waals surface area contributed by atoms with Crippen LogP contribution in [-0.4, -0.2) is 43.6 Å². The molecule has 172 valence electrons. The molecule has 0 saturated heterocycles. The zero-order valence-electron chi connectivity index (χ0n) is 18.3. The molecule has 4 rings (SSSR count). The van der Waals surface area contributed by atoms with Crippen LogP contribution in [0.4, 0.5) is 11.5 Å². The molecule has 0 saturated carbocycles. The molecule has 3 heterocycles. The van der Waals surface area contributed by atoms with Gasteiger partial charge in [0.25, 0.3) is 5.91 Å². The summed E-state index contributed by atoms with van der Waals surface area (Å²) in [4.78, 5) is 13.3. The number of rotatable bonds is 8. The van der Waals surface area contributed by atoms with E-state index in [-0.39, 0.29) is 17.9 Å². The van der Waals surface area contributed by atoms with Gasteiger partial charge in [-0.1, -0.05) is 31.0 Å². The van der Waals surface area contributed by atoms with Crippen molar-refractivity contribution in [1.29, 1.82) is 0 Å². The van der Waals surface area contributed by atoms with Crippen LogP contribution >= 0.6 is 11.6 Å². The fourth-order valence-corrected chi connectivity index (χ4v) is 3.92. The molecule has 0 unspecified atom stereocenters. The Balaban J connectivity index is 1.76. The molecule has 10 heteroatoms. The Bertz CT molecular complexity index is 1300. The summed E-state index contributed by atoms with van der Waals surface area (Å²) in [6.45, 7) is 2.28. The number of anilines is 2. The van der Waals surface area contributed by atoms with Gasteiger partial charge in [-0.25, -0.2) is 4.52 Å². The molecule has 3 aromatic heterocycles. The van der Waals surface area contributed by atoms with Gasteiger partial charge in [-0.05, 0) is 36.8 Å². The molecular formula is C23H25ClN6O3. The number of nitrogens with zero attached hydrogens (tertiary/aromatic N) is 4. The number of halogens is 1. The van der Waals surface area contributed by atoms with Crippen molar-refractivity contribution in [2.45, 2.75) is 32.4 Å². The molecule has 1 aromatic carbocycles. The number of methoxy groups -OCH3 is 1. The van der Waals surface area contributed by atoms with Crippen molar-refractivity contribution in [3.8, 4) is 17.0 Å². The molecular weight excluding hydrogens is 444 g/mol. The number of fused-ring (bicyclic) bond motifs is 1. The van der Waals surface area contributed by atoms with E-state index < -0.39 is 12.0 Å². The van der Waals surface area contributed by atoms with Crippen LogP contribution in [0.1, 0.15) is 30.1 Å². The third kappa shape index (κ3) is 4.64. The van der Waals surface area contributed by atoms with Crippen molar-refractivity contribution in [3.05, 3.63) is 59.4 Å². The number of carbonyl (C=O) groups is 1. The van der Waals surface area contributed by atoms with Gasteiger partial charge in [0.05, 0.1) is 31.0 Å². The summed E-state index contributed by atoms with van der Waals surface area (Å²) < 4.78 is 8.64. The summed E-state index contributed by atoms with van der Waals surface area (Å²) in [5, 5.41) is 22.5.